The maximum Gasteiger partial charge on any atom is 0.312 e. The van der Waals surface area contributed by atoms with Gasteiger partial charge in [-0.15, -0.1) is 0 Å². The predicted molar refractivity (Wildman–Crippen MR) is 407 cm³/mol. The van der Waals surface area contributed by atoms with Crippen molar-refractivity contribution in [3.63, 3.8) is 0 Å². The van der Waals surface area contributed by atoms with E-state index < -0.39 is 22.7 Å². The van der Waals surface area contributed by atoms with E-state index in [-0.39, 0.29) is 112 Å². The summed E-state index contributed by atoms with van der Waals surface area (Å²) in [5.41, 5.74) is -2.84. The molecule has 18 saturated carbocycles. The lowest BCUT2D eigenvalue weighted by Gasteiger charge is -2.60. The van der Waals surface area contributed by atoms with Gasteiger partial charge >= 0.3 is 41.8 Å². The Bertz CT molecular complexity index is 2950. The van der Waals surface area contributed by atoms with E-state index in [2.05, 4.69) is 32.4 Å². The summed E-state index contributed by atoms with van der Waals surface area (Å²) in [7, 11) is 1.42. The van der Waals surface area contributed by atoms with Crippen molar-refractivity contribution in [3.8, 4) is 0 Å². The maximum atomic E-state index is 12.3. The van der Waals surface area contributed by atoms with Crippen molar-refractivity contribution in [2.24, 2.45) is 129 Å². The number of carbonyl (C=O) groups is 8. The van der Waals surface area contributed by atoms with Gasteiger partial charge in [-0.05, 0) is 310 Å². The Morgan fingerprint density at radius 3 is 1.20 bits per heavy atom. The number of ether oxygens (including phenoxy) is 8. The van der Waals surface area contributed by atoms with Crippen LogP contribution in [0.25, 0.3) is 0 Å². The summed E-state index contributed by atoms with van der Waals surface area (Å²) >= 11 is 0. The zero-order valence-electron chi connectivity index (χ0n) is 69.3. The van der Waals surface area contributed by atoms with Crippen LogP contribution in [0.1, 0.15) is 316 Å². The van der Waals surface area contributed by atoms with Crippen molar-refractivity contribution < 1.29 is 86.5 Å². The third-order valence-corrected chi connectivity index (χ3v) is 31.0. The molecule has 13 atom stereocenters. The average Bonchev–Trinajstić information content (AvgIpc) is 1.71. The second kappa shape index (κ2) is 34.3. The Balaban J connectivity index is 0.000000135. The summed E-state index contributed by atoms with van der Waals surface area (Å²) in [5, 5.41) is 21.2. The van der Waals surface area contributed by atoms with Crippen LogP contribution in [0.4, 0.5) is 0 Å². The van der Waals surface area contributed by atoms with Crippen molar-refractivity contribution in [1.29, 1.82) is 0 Å². The number of carbonyl (C=O) groups excluding carboxylic acids is 8. The summed E-state index contributed by atoms with van der Waals surface area (Å²) < 4.78 is 43.5. The van der Waals surface area contributed by atoms with Gasteiger partial charge in [-0.1, -0.05) is 76.2 Å². The summed E-state index contributed by atoms with van der Waals surface area (Å²) in [6, 6.07) is 0. The Hall–Kier alpha value is -4.16. The van der Waals surface area contributed by atoms with Crippen LogP contribution < -0.4 is 0 Å². The van der Waals surface area contributed by atoms with Crippen LogP contribution in [0, 0.1) is 129 Å². The fourth-order valence-corrected chi connectivity index (χ4v) is 24.2. The fourth-order valence-electron chi connectivity index (χ4n) is 24.2. The van der Waals surface area contributed by atoms with Crippen LogP contribution in [0.15, 0.2) is 0 Å². The molecule has 2 heterocycles. The van der Waals surface area contributed by atoms with Crippen molar-refractivity contribution in [1.82, 2.24) is 0 Å². The highest BCUT2D eigenvalue weighted by Gasteiger charge is 2.63. The highest BCUT2D eigenvalue weighted by Crippen LogP contribution is 2.64. The minimum Gasteiger partial charge on any atom is -0.469 e. The number of hydrogen-bond donors (Lipinski definition) is 2. The number of hydrogen-bond acceptors (Lipinski definition) is 18. The van der Waals surface area contributed by atoms with E-state index in [1.165, 1.54) is 103 Å². The molecule has 0 aromatic rings. The molecule has 0 aromatic carbocycles. The van der Waals surface area contributed by atoms with Crippen molar-refractivity contribution in [3.05, 3.63) is 0 Å². The molecular weight excluding hydrogens is 1360 g/mol. The smallest absolute Gasteiger partial charge is 0.312 e. The molecule has 608 valence electrons. The standard InChI is InChI=1S/C17H28O2.C16H26O2.2C15H24O3.C10H16O4.C9H12O2.C7H14O2/c1-4-11(3)16(18)19-17(5-2)14-7-12-6-13(9-14)10-15(17)8-12;1-4-10(2)15(17)18-16(3)13-6-11-5-12(8-13)9-14(16)7-11;2*1-3-10(2)13(16)18-15-7-11-4-12(8-15)6-14(17,5-11)9-15;1-4-10(2,3)9(12)14-8-6-13-5-7(8)11;10-9-8-6-2-1-5(3-6)7(8)4-11-9;1-5-7(2,3)6(8)9-4/h11-15H,4-10H2,1-3H3;10-14H,4-9H2,1-3H3;2*10-12,17H,3-9H2,1-2H3;8H,4-6H2,1-3H3;5-8H,1-4H2;5H2,1-4H3. The topological polar surface area (TPSA) is 251 Å². The minimum atomic E-state index is -0.687. The molecule has 0 amide bonds. The number of methoxy groups -OCH3 is 1. The van der Waals surface area contributed by atoms with E-state index >= 15 is 0 Å². The molecule has 0 spiro atoms. The van der Waals surface area contributed by atoms with E-state index in [4.69, 9.17) is 33.2 Å². The molecule has 13 unspecified atom stereocenters. The second-order valence-electron chi connectivity index (χ2n) is 39.8. The van der Waals surface area contributed by atoms with E-state index in [0.29, 0.717) is 84.4 Å². The van der Waals surface area contributed by atoms with Gasteiger partial charge in [-0.2, -0.15) is 0 Å². The number of esters is 7. The molecule has 20 rings (SSSR count). The van der Waals surface area contributed by atoms with Crippen LogP contribution in [0.5, 0.6) is 0 Å². The van der Waals surface area contributed by atoms with Gasteiger partial charge in [0.25, 0.3) is 0 Å². The summed E-state index contributed by atoms with van der Waals surface area (Å²) in [5.74, 6) is 10.6. The molecule has 18 bridgehead atoms. The fraction of sp³-hybridized carbons (Fsp3) is 0.910. The van der Waals surface area contributed by atoms with Crippen molar-refractivity contribution in [2.75, 3.05) is 26.9 Å². The predicted octanol–water partition coefficient (Wildman–Crippen LogP) is 17.0. The molecule has 2 saturated heterocycles. The Morgan fingerprint density at radius 2 is 0.850 bits per heavy atom. The first-order valence-electron chi connectivity index (χ1n) is 43.3. The van der Waals surface area contributed by atoms with Gasteiger partial charge < -0.3 is 48.1 Å². The van der Waals surface area contributed by atoms with Gasteiger partial charge in [-0.25, -0.2) is 0 Å². The number of fused-ring (bicyclic) bond motifs is 5. The molecule has 18 aliphatic carbocycles. The molecular formula is C89H144O18. The van der Waals surface area contributed by atoms with Gasteiger partial charge in [0.1, 0.15) is 29.0 Å². The van der Waals surface area contributed by atoms with Gasteiger partial charge in [0.05, 0.1) is 71.9 Å². The largest absolute Gasteiger partial charge is 0.469 e. The quantitative estimate of drug-likeness (QED) is 0.0955. The molecule has 20 aliphatic rings. The maximum absolute atomic E-state index is 12.3. The normalized spacial score (nSPS) is 41.1. The molecule has 0 radical (unpaired) electrons. The lowest BCUT2D eigenvalue weighted by atomic mass is 9.49. The number of aliphatic hydroxyl groups is 2. The summed E-state index contributed by atoms with van der Waals surface area (Å²) in [4.78, 5) is 93.3. The van der Waals surface area contributed by atoms with Crippen molar-refractivity contribution >= 4 is 47.6 Å². The van der Waals surface area contributed by atoms with E-state index in [9.17, 15) is 48.6 Å². The Labute approximate surface area is 643 Å². The molecule has 0 aromatic heterocycles. The molecule has 2 N–H and O–H groups in total. The van der Waals surface area contributed by atoms with Crippen LogP contribution >= 0.6 is 0 Å². The number of cyclic esters (lactones) is 1. The van der Waals surface area contributed by atoms with Gasteiger partial charge in [0.2, 0.25) is 5.78 Å². The molecule has 20 fully saturated rings. The summed E-state index contributed by atoms with van der Waals surface area (Å²) in [6.45, 7) is 32.7. The lowest BCUT2D eigenvalue weighted by Crippen LogP contribution is -2.60. The highest BCUT2D eigenvalue weighted by molar-refractivity contribution is 5.89. The van der Waals surface area contributed by atoms with Crippen molar-refractivity contribution in [2.45, 2.75) is 356 Å². The van der Waals surface area contributed by atoms with Gasteiger partial charge in [0.15, 0.2) is 6.10 Å². The first-order chi connectivity index (χ1) is 50.4. The SMILES string of the molecule is CCC(C)(C)C(=O)OC.CCC(C)(C)C(=O)OC1COCC1=O.CCC(C)C(=O)OC1(C)C2CC3CC(C2)CC1C3.CCC(C)C(=O)OC1(CC)C2CC3CC(C2)CC1C3.CCC(C)C(=O)OC12CC3CC(CC(O)(C3)C1)C2.CCC(C)C(=O)OC12CC3CC(CC(O)(C3)C1)C2.O=C1OCC2C3CCC(C3)C12. The Kier molecular flexibility index (Phi) is 27.3. The monoisotopic (exact) mass is 1500 g/mol. The molecule has 107 heavy (non-hydrogen) atoms. The van der Waals surface area contributed by atoms with Gasteiger partial charge in [0, 0.05) is 18.8 Å². The minimum absolute atomic E-state index is 0.0207. The second-order valence-corrected chi connectivity index (χ2v) is 39.8. The van der Waals surface area contributed by atoms with Crippen LogP contribution in [0.2, 0.25) is 0 Å². The van der Waals surface area contributed by atoms with E-state index in [1.54, 1.807) is 13.8 Å². The number of ketones is 1. The van der Waals surface area contributed by atoms with Gasteiger partial charge in [-0.3, -0.25) is 38.4 Å². The first-order valence-corrected chi connectivity index (χ1v) is 43.3. The van der Waals surface area contributed by atoms with Crippen LogP contribution in [0.3, 0.4) is 0 Å². The van der Waals surface area contributed by atoms with Crippen LogP contribution in [-0.4, -0.2) is 124 Å². The third kappa shape index (κ3) is 19.1. The first kappa shape index (κ1) is 85.3. The third-order valence-electron chi connectivity index (χ3n) is 31.0. The summed E-state index contributed by atoms with van der Waals surface area (Å²) in [6.07, 6.45) is 34.0. The van der Waals surface area contributed by atoms with Crippen LogP contribution in [-0.2, 0) is 76.3 Å². The number of rotatable bonds is 18. The Morgan fingerprint density at radius 1 is 0.477 bits per heavy atom. The van der Waals surface area contributed by atoms with E-state index in [1.807, 2.05) is 69.2 Å². The average molecular weight is 1500 g/mol. The lowest BCUT2D eigenvalue weighted by molar-refractivity contribution is -0.223. The zero-order valence-corrected chi connectivity index (χ0v) is 69.3. The molecule has 18 heteroatoms. The number of Topliss-reactive ketones (excluding diaryl/α,β-unsaturated/α-hetero) is 1. The zero-order chi connectivity index (χ0) is 78.1. The molecule has 2 aliphatic heterocycles. The van der Waals surface area contributed by atoms with E-state index in [0.717, 1.165) is 126 Å². The molecule has 18 nitrogen and oxygen atoms in total. The highest BCUT2D eigenvalue weighted by atomic mass is 16.6.